The van der Waals surface area contributed by atoms with Gasteiger partial charge in [-0.1, -0.05) is 13.8 Å². The molecule has 1 aliphatic rings. The molecule has 2 rings (SSSR count). The molecular weight excluding hydrogens is 270 g/mol. The Bertz CT molecular complexity index is 444. The minimum absolute atomic E-state index is 0.0920. The highest BCUT2D eigenvalue weighted by molar-refractivity contribution is 7.09. The third-order valence-corrected chi connectivity index (χ3v) is 4.78. The van der Waals surface area contributed by atoms with Crippen LogP contribution in [0.1, 0.15) is 61.4 Å². The fourth-order valence-corrected chi connectivity index (χ4v) is 3.39. The molecule has 1 unspecified atom stereocenters. The van der Waals surface area contributed by atoms with E-state index in [9.17, 15) is 4.79 Å². The van der Waals surface area contributed by atoms with E-state index in [1.54, 1.807) is 0 Å². The molecule has 0 spiro atoms. The fourth-order valence-electron chi connectivity index (χ4n) is 2.74. The highest BCUT2D eigenvalue weighted by Crippen LogP contribution is 2.24. The van der Waals surface area contributed by atoms with Gasteiger partial charge in [-0.3, -0.25) is 4.79 Å². The molecular formula is C15H25N3OS. The summed E-state index contributed by atoms with van der Waals surface area (Å²) >= 11 is 1.48. The Morgan fingerprint density at radius 2 is 2.35 bits per heavy atom. The summed E-state index contributed by atoms with van der Waals surface area (Å²) in [5, 5.41) is 2.68. The number of hydrogen-bond acceptors (Lipinski definition) is 4. The van der Waals surface area contributed by atoms with Crippen LogP contribution in [0.2, 0.25) is 0 Å². The van der Waals surface area contributed by atoms with Gasteiger partial charge in [0, 0.05) is 24.5 Å². The molecule has 0 bridgehead atoms. The summed E-state index contributed by atoms with van der Waals surface area (Å²) in [6, 6.07) is 0.390. The maximum atomic E-state index is 12.6. The Balaban J connectivity index is 2.04. The van der Waals surface area contributed by atoms with Crippen molar-refractivity contribution in [3.05, 3.63) is 16.1 Å². The zero-order valence-electron chi connectivity index (χ0n) is 12.5. The van der Waals surface area contributed by atoms with Gasteiger partial charge in [0.05, 0.1) is 0 Å². The molecule has 0 aliphatic carbocycles. The van der Waals surface area contributed by atoms with Crippen LogP contribution in [0.15, 0.2) is 5.38 Å². The zero-order valence-corrected chi connectivity index (χ0v) is 13.3. The number of hydrogen-bond donors (Lipinski definition) is 1. The molecule has 2 heterocycles. The van der Waals surface area contributed by atoms with Crippen LogP contribution < -0.4 is 5.73 Å². The Kier molecular flexibility index (Phi) is 5.54. The van der Waals surface area contributed by atoms with Gasteiger partial charge >= 0.3 is 0 Å². The number of nitrogens with zero attached hydrogens (tertiary/aromatic N) is 2. The number of piperidine rings is 1. The number of nitrogens with two attached hydrogens (primary N) is 1. The van der Waals surface area contributed by atoms with Crippen LogP contribution in [-0.2, 0) is 6.54 Å². The van der Waals surface area contributed by atoms with E-state index < -0.39 is 0 Å². The lowest BCUT2D eigenvalue weighted by molar-refractivity contribution is 0.0588. The van der Waals surface area contributed by atoms with Crippen molar-refractivity contribution in [1.29, 1.82) is 0 Å². The molecule has 112 valence electrons. The molecule has 1 saturated heterocycles. The average Bonchev–Trinajstić information content (AvgIpc) is 2.93. The van der Waals surface area contributed by atoms with Crippen LogP contribution in [0.4, 0.5) is 0 Å². The number of rotatable bonds is 5. The molecule has 20 heavy (non-hydrogen) atoms. The quantitative estimate of drug-likeness (QED) is 0.908. The Hall–Kier alpha value is -0.940. The second-order valence-corrected chi connectivity index (χ2v) is 6.89. The van der Waals surface area contributed by atoms with Gasteiger partial charge in [0.2, 0.25) is 0 Å². The summed E-state index contributed by atoms with van der Waals surface area (Å²) in [7, 11) is 0. The first kappa shape index (κ1) is 15.4. The number of likely N-dealkylation sites (tertiary alicyclic amines) is 1. The van der Waals surface area contributed by atoms with Gasteiger partial charge in [0.25, 0.3) is 5.91 Å². The molecule has 1 amide bonds. The first-order valence-electron chi connectivity index (χ1n) is 7.57. The van der Waals surface area contributed by atoms with E-state index in [-0.39, 0.29) is 5.91 Å². The van der Waals surface area contributed by atoms with Crippen molar-refractivity contribution in [3.63, 3.8) is 0 Å². The van der Waals surface area contributed by atoms with Gasteiger partial charge in [-0.2, -0.15) is 0 Å². The van der Waals surface area contributed by atoms with Crippen molar-refractivity contribution in [1.82, 2.24) is 9.88 Å². The summed E-state index contributed by atoms with van der Waals surface area (Å²) in [5.41, 5.74) is 6.15. The van der Waals surface area contributed by atoms with Crippen LogP contribution in [0, 0.1) is 5.92 Å². The molecule has 0 saturated carbocycles. The van der Waals surface area contributed by atoms with E-state index in [1.807, 2.05) is 10.3 Å². The van der Waals surface area contributed by atoms with Gasteiger partial charge in [0.15, 0.2) is 0 Å². The predicted octanol–water partition coefficient (Wildman–Crippen LogP) is 3.03. The number of amides is 1. The summed E-state index contributed by atoms with van der Waals surface area (Å²) in [5.74, 6) is 0.784. The highest BCUT2D eigenvalue weighted by Gasteiger charge is 2.28. The van der Waals surface area contributed by atoms with Crippen molar-refractivity contribution < 1.29 is 4.79 Å². The van der Waals surface area contributed by atoms with Crippen molar-refractivity contribution in [2.45, 2.75) is 58.5 Å². The maximum Gasteiger partial charge on any atom is 0.273 e. The minimum Gasteiger partial charge on any atom is -0.334 e. The smallest absolute Gasteiger partial charge is 0.273 e. The van der Waals surface area contributed by atoms with Crippen molar-refractivity contribution in [2.75, 3.05) is 6.54 Å². The zero-order chi connectivity index (χ0) is 14.5. The van der Waals surface area contributed by atoms with Gasteiger partial charge < -0.3 is 10.6 Å². The summed E-state index contributed by atoms with van der Waals surface area (Å²) in [6.45, 7) is 5.76. The van der Waals surface area contributed by atoms with Crippen LogP contribution in [-0.4, -0.2) is 28.4 Å². The monoisotopic (exact) mass is 295 g/mol. The van der Waals surface area contributed by atoms with Crippen molar-refractivity contribution in [2.24, 2.45) is 11.7 Å². The van der Waals surface area contributed by atoms with E-state index >= 15 is 0 Å². The van der Waals surface area contributed by atoms with E-state index in [4.69, 9.17) is 5.73 Å². The molecule has 1 aliphatic heterocycles. The second kappa shape index (κ2) is 7.18. The fraction of sp³-hybridized carbons (Fsp3) is 0.733. The van der Waals surface area contributed by atoms with Gasteiger partial charge in [-0.05, 0) is 38.0 Å². The molecule has 2 N–H and O–H groups in total. The molecule has 1 aromatic rings. The molecule has 1 fully saturated rings. The van der Waals surface area contributed by atoms with E-state index in [2.05, 4.69) is 18.8 Å². The Morgan fingerprint density at radius 1 is 1.55 bits per heavy atom. The standard InChI is InChI=1S/C15H25N3OS/c1-11(2)6-7-12-5-3-4-8-18(12)15(19)13-10-20-14(9-16)17-13/h10-12H,3-9,16H2,1-2H3. The largest absolute Gasteiger partial charge is 0.334 e. The van der Waals surface area contributed by atoms with Gasteiger partial charge in [-0.25, -0.2) is 4.98 Å². The third kappa shape index (κ3) is 3.79. The predicted molar refractivity (Wildman–Crippen MR) is 82.8 cm³/mol. The van der Waals surface area contributed by atoms with Gasteiger partial charge in [0.1, 0.15) is 10.7 Å². The third-order valence-electron chi connectivity index (χ3n) is 3.91. The molecule has 1 atom stereocenters. The van der Waals surface area contributed by atoms with Gasteiger partial charge in [-0.15, -0.1) is 11.3 Å². The second-order valence-electron chi connectivity index (χ2n) is 5.95. The lowest BCUT2D eigenvalue weighted by Gasteiger charge is -2.35. The number of aromatic nitrogens is 1. The SMILES string of the molecule is CC(C)CCC1CCCCN1C(=O)c1csc(CN)n1. The van der Waals surface area contributed by atoms with E-state index in [0.29, 0.717) is 24.2 Å². The highest BCUT2D eigenvalue weighted by atomic mass is 32.1. The minimum atomic E-state index is 0.0920. The topological polar surface area (TPSA) is 59.2 Å². The van der Waals surface area contributed by atoms with Crippen LogP contribution in [0.25, 0.3) is 0 Å². The average molecular weight is 295 g/mol. The molecule has 0 radical (unpaired) electrons. The lowest BCUT2D eigenvalue weighted by atomic mass is 9.94. The number of carbonyl (C=O) groups is 1. The van der Waals surface area contributed by atoms with Crippen molar-refractivity contribution in [3.8, 4) is 0 Å². The first-order valence-corrected chi connectivity index (χ1v) is 8.45. The first-order chi connectivity index (χ1) is 9.61. The van der Waals surface area contributed by atoms with Crippen LogP contribution >= 0.6 is 11.3 Å². The maximum absolute atomic E-state index is 12.6. The summed E-state index contributed by atoms with van der Waals surface area (Å²) in [4.78, 5) is 19.0. The summed E-state index contributed by atoms with van der Waals surface area (Å²) in [6.07, 6.45) is 5.76. The lowest BCUT2D eigenvalue weighted by Crippen LogP contribution is -2.44. The molecule has 0 aromatic carbocycles. The van der Waals surface area contributed by atoms with Crippen LogP contribution in [0.5, 0.6) is 0 Å². The molecule has 5 heteroatoms. The van der Waals surface area contributed by atoms with Crippen LogP contribution in [0.3, 0.4) is 0 Å². The van der Waals surface area contributed by atoms with E-state index in [1.165, 1.54) is 24.2 Å². The molecule has 1 aromatic heterocycles. The normalized spacial score (nSPS) is 19.6. The Morgan fingerprint density at radius 3 is 3.00 bits per heavy atom. The van der Waals surface area contributed by atoms with Crippen molar-refractivity contribution >= 4 is 17.2 Å². The summed E-state index contributed by atoms with van der Waals surface area (Å²) < 4.78 is 0. The number of thiazole rings is 1. The number of carbonyl (C=O) groups excluding carboxylic acids is 1. The Labute approximate surface area is 125 Å². The van der Waals surface area contributed by atoms with E-state index in [0.717, 1.165) is 30.8 Å². The molecule has 4 nitrogen and oxygen atoms in total.